The van der Waals surface area contributed by atoms with Gasteiger partial charge in [0.2, 0.25) is 5.91 Å². The second-order valence-corrected chi connectivity index (χ2v) is 6.71. The summed E-state index contributed by atoms with van der Waals surface area (Å²) in [5, 5.41) is 9.23. The second-order valence-electron chi connectivity index (χ2n) is 5.76. The van der Waals surface area contributed by atoms with E-state index in [0.717, 1.165) is 22.3 Å². The molecule has 0 saturated carbocycles. The fourth-order valence-electron chi connectivity index (χ4n) is 2.58. The lowest BCUT2D eigenvalue weighted by Gasteiger charge is -2.26. The minimum Gasteiger partial charge on any atom is -0.497 e. The van der Waals surface area contributed by atoms with Gasteiger partial charge in [0.1, 0.15) is 11.6 Å². The van der Waals surface area contributed by atoms with Crippen molar-refractivity contribution in [1.82, 2.24) is 19.7 Å². The van der Waals surface area contributed by atoms with Crippen LogP contribution in [0.4, 0.5) is 0 Å². The van der Waals surface area contributed by atoms with Crippen LogP contribution in [0.1, 0.15) is 11.4 Å². The standard InChI is InChI=1S/C17H22N4O3S/c1-20-15(11-13-3-5-14(23-2)6-4-13)18-19-17(20)25-12-16(22)21-7-9-24-10-8-21/h3-6H,7-12H2,1-2H3. The summed E-state index contributed by atoms with van der Waals surface area (Å²) in [6.45, 7) is 2.57. The Morgan fingerprint density at radius 3 is 2.64 bits per heavy atom. The van der Waals surface area contributed by atoms with Gasteiger partial charge in [-0.1, -0.05) is 23.9 Å². The maximum absolute atomic E-state index is 12.2. The number of methoxy groups -OCH3 is 1. The molecule has 3 rings (SSSR count). The minimum atomic E-state index is 0.119. The smallest absolute Gasteiger partial charge is 0.233 e. The van der Waals surface area contributed by atoms with Crippen molar-refractivity contribution in [2.75, 3.05) is 39.2 Å². The molecule has 0 N–H and O–H groups in total. The SMILES string of the molecule is COc1ccc(Cc2nnc(SCC(=O)N3CCOCC3)n2C)cc1. The van der Waals surface area contributed by atoms with E-state index in [0.29, 0.717) is 38.5 Å². The molecule has 1 aliphatic rings. The van der Waals surface area contributed by atoms with Gasteiger partial charge in [-0.05, 0) is 17.7 Å². The van der Waals surface area contributed by atoms with E-state index in [9.17, 15) is 4.79 Å². The van der Waals surface area contributed by atoms with E-state index in [-0.39, 0.29) is 5.91 Å². The zero-order valence-electron chi connectivity index (χ0n) is 14.5. The van der Waals surface area contributed by atoms with Crippen LogP contribution < -0.4 is 4.74 Å². The van der Waals surface area contributed by atoms with Crippen molar-refractivity contribution < 1.29 is 14.3 Å². The van der Waals surface area contributed by atoms with Crippen molar-refractivity contribution in [2.24, 2.45) is 7.05 Å². The average molecular weight is 362 g/mol. The van der Waals surface area contributed by atoms with Crippen molar-refractivity contribution in [2.45, 2.75) is 11.6 Å². The van der Waals surface area contributed by atoms with Gasteiger partial charge in [-0.25, -0.2) is 0 Å². The lowest BCUT2D eigenvalue weighted by molar-refractivity contribution is -0.132. The summed E-state index contributed by atoms with van der Waals surface area (Å²) in [7, 11) is 3.58. The second kappa shape index (κ2) is 8.35. The van der Waals surface area contributed by atoms with Crippen LogP contribution in [0.25, 0.3) is 0 Å². The molecule has 1 aliphatic heterocycles. The first-order valence-electron chi connectivity index (χ1n) is 8.17. The highest BCUT2D eigenvalue weighted by atomic mass is 32.2. The van der Waals surface area contributed by atoms with Crippen molar-refractivity contribution in [1.29, 1.82) is 0 Å². The first-order valence-corrected chi connectivity index (χ1v) is 9.15. The molecule has 0 atom stereocenters. The molecule has 0 bridgehead atoms. The molecule has 0 spiro atoms. The largest absolute Gasteiger partial charge is 0.497 e. The molecule has 2 heterocycles. The number of benzene rings is 1. The Labute approximate surface area is 151 Å². The fraction of sp³-hybridized carbons (Fsp3) is 0.471. The van der Waals surface area contributed by atoms with E-state index in [1.807, 2.05) is 40.8 Å². The van der Waals surface area contributed by atoms with Crippen LogP contribution in [0, 0.1) is 0 Å². The molecule has 25 heavy (non-hydrogen) atoms. The Balaban J connectivity index is 1.57. The third kappa shape index (κ3) is 4.52. The van der Waals surface area contributed by atoms with Crippen molar-refractivity contribution in [3.63, 3.8) is 0 Å². The van der Waals surface area contributed by atoms with Crippen LogP contribution in [-0.2, 0) is 23.0 Å². The summed E-state index contributed by atoms with van der Waals surface area (Å²) in [6, 6.07) is 7.90. The highest BCUT2D eigenvalue weighted by Crippen LogP contribution is 2.19. The van der Waals surface area contributed by atoms with Gasteiger partial charge in [0.05, 0.1) is 26.1 Å². The number of hydrogen-bond donors (Lipinski definition) is 0. The van der Waals surface area contributed by atoms with Gasteiger partial charge >= 0.3 is 0 Å². The van der Waals surface area contributed by atoms with Gasteiger partial charge in [-0.3, -0.25) is 4.79 Å². The number of rotatable bonds is 6. The quantitative estimate of drug-likeness (QED) is 0.723. The van der Waals surface area contributed by atoms with Gasteiger partial charge in [0, 0.05) is 26.6 Å². The summed E-state index contributed by atoms with van der Waals surface area (Å²) in [6.07, 6.45) is 0.686. The number of amides is 1. The molecule has 1 fully saturated rings. The molecule has 7 nitrogen and oxygen atoms in total. The fourth-order valence-corrected chi connectivity index (χ4v) is 3.41. The molecular weight excluding hydrogens is 340 g/mol. The van der Waals surface area contributed by atoms with Crippen LogP contribution in [0.15, 0.2) is 29.4 Å². The Bertz CT molecular complexity index is 711. The summed E-state index contributed by atoms with van der Waals surface area (Å²) in [5.74, 6) is 2.19. The third-order valence-corrected chi connectivity index (χ3v) is 5.14. The Morgan fingerprint density at radius 2 is 1.96 bits per heavy atom. The molecular formula is C17H22N4O3S. The number of carbonyl (C=O) groups excluding carboxylic acids is 1. The molecule has 1 amide bonds. The number of thioether (sulfide) groups is 1. The van der Waals surface area contributed by atoms with E-state index in [2.05, 4.69) is 10.2 Å². The van der Waals surface area contributed by atoms with Crippen LogP contribution >= 0.6 is 11.8 Å². The van der Waals surface area contributed by atoms with Crippen molar-refractivity contribution in [3.8, 4) is 5.75 Å². The number of ether oxygens (including phenoxy) is 2. The molecule has 1 aromatic heterocycles. The highest BCUT2D eigenvalue weighted by molar-refractivity contribution is 7.99. The van der Waals surface area contributed by atoms with E-state index < -0.39 is 0 Å². The third-order valence-electron chi connectivity index (χ3n) is 4.13. The van der Waals surface area contributed by atoms with Crippen molar-refractivity contribution >= 4 is 17.7 Å². The number of hydrogen-bond acceptors (Lipinski definition) is 6. The Kier molecular flexibility index (Phi) is 5.93. The first kappa shape index (κ1) is 17.8. The monoisotopic (exact) mass is 362 g/mol. The number of nitrogens with zero attached hydrogens (tertiary/aromatic N) is 4. The van der Waals surface area contributed by atoms with Crippen LogP contribution in [0.3, 0.4) is 0 Å². The Hall–Kier alpha value is -2.06. The molecule has 134 valence electrons. The van der Waals surface area contributed by atoms with E-state index in [4.69, 9.17) is 9.47 Å². The minimum absolute atomic E-state index is 0.119. The lowest BCUT2D eigenvalue weighted by atomic mass is 10.1. The van der Waals surface area contributed by atoms with Crippen LogP contribution in [0.5, 0.6) is 5.75 Å². The van der Waals surface area contributed by atoms with Gasteiger partial charge in [0.15, 0.2) is 5.16 Å². The molecule has 1 saturated heterocycles. The lowest BCUT2D eigenvalue weighted by Crippen LogP contribution is -2.41. The molecule has 0 radical (unpaired) electrons. The van der Waals surface area contributed by atoms with E-state index in [1.54, 1.807) is 7.11 Å². The predicted molar refractivity (Wildman–Crippen MR) is 94.9 cm³/mol. The predicted octanol–water partition coefficient (Wildman–Crippen LogP) is 1.37. The molecule has 2 aromatic rings. The van der Waals surface area contributed by atoms with Gasteiger partial charge in [0.25, 0.3) is 0 Å². The normalized spacial score (nSPS) is 14.6. The van der Waals surface area contributed by atoms with Gasteiger partial charge < -0.3 is 18.9 Å². The summed E-state index contributed by atoms with van der Waals surface area (Å²) < 4.78 is 12.4. The maximum atomic E-state index is 12.2. The first-order chi connectivity index (χ1) is 12.2. The van der Waals surface area contributed by atoms with Crippen LogP contribution in [0.2, 0.25) is 0 Å². The topological polar surface area (TPSA) is 69.5 Å². The molecule has 8 heteroatoms. The average Bonchev–Trinajstić information content (AvgIpc) is 3.01. The number of morpholine rings is 1. The summed E-state index contributed by atoms with van der Waals surface area (Å²) in [5.41, 5.74) is 1.14. The van der Waals surface area contributed by atoms with Gasteiger partial charge in [-0.2, -0.15) is 0 Å². The van der Waals surface area contributed by atoms with E-state index >= 15 is 0 Å². The zero-order chi connectivity index (χ0) is 17.6. The van der Waals surface area contributed by atoms with Crippen LogP contribution in [-0.4, -0.2) is 64.7 Å². The van der Waals surface area contributed by atoms with Crippen molar-refractivity contribution in [3.05, 3.63) is 35.7 Å². The Morgan fingerprint density at radius 1 is 1.24 bits per heavy atom. The molecule has 0 aliphatic carbocycles. The molecule has 1 aromatic carbocycles. The van der Waals surface area contributed by atoms with Gasteiger partial charge in [-0.15, -0.1) is 10.2 Å². The molecule has 0 unspecified atom stereocenters. The van der Waals surface area contributed by atoms with E-state index in [1.165, 1.54) is 11.8 Å². The zero-order valence-corrected chi connectivity index (χ0v) is 15.3. The summed E-state index contributed by atoms with van der Waals surface area (Å²) in [4.78, 5) is 14.1. The number of aromatic nitrogens is 3. The maximum Gasteiger partial charge on any atom is 0.233 e. The summed E-state index contributed by atoms with van der Waals surface area (Å²) >= 11 is 1.42. The number of carbonyl (C=O) groups is 1. The highest BCUT2D eigenvalue weighted by Gasteiger charge is 2.18.